The van der Waals surface area contributed by atoms with Crippen LogP contribution in [0.5, 0.6) is 0 Å². The van der Waals surface area contributed by atoms with Gasteiger partial charge in [0.2, 0.25) is 5.91 Å². The van der Waals surface area contributed by atoms with Crippen molar-refractivity contribution in [3.63, 3.8) is 0 Å². The average molecular weight is 340 g/mol. The molecule has 0 aliphatic heterocycles. The van der Waals surface area contributed by atoms with E-state index in [1.165, 1.54) is 19.2 Å². The summed E-state index contributed by atoms with van der Waals surface area (Å²) in [5.74, 6) is -0.768. The topological polar surface area (TPSA) is 77.2 Å². The summed E-state index contributed by atoms with van der Waals surface area (Å²) in [4.78, 5) is 16.4. The zero-order valence-electron chi connectivity index (χ0n) is 12.6. The van der Waals surface area contributed by atoms with E-state index in [0.717, 1.165) is 0 Å². The van der Waals surface area contributed by atoms with Crippen molar-refractivity contribution in [2.45, 2.75) is 12.1 Å². The minimum atomic E-state index is -0.801. The molecule has 1 amide bonds. The van der Waals surface area contributed by atoms with Crippen LogP contribution in [0.1, 0.15) is 17.3 Å². The molecule has 0 saturated heterocycles. The van der Waals surface area contributed by atoms with Gasteiger partial charge in [-0.3, -0.25) is 9.78 Å². The summed E-state index contributed by atoms with van der Waals surface area (Å²) in [7, 11) is 1.47. The molecule has 1 heterocycles. The molecule has 0 bridgehead atoms. The number of nitrogens with one attached hydrogen (secondary N) is 1. The third-order valence-electron chi connectivity index (χ3n) is 3.14. The Kier molecular flexibility index (Phi) is 7.61. The van der Waals surface area contributed by atoms with Gasteiger partial charge in [0, 0.05) is 13.3 Å². The molecule has 0 aliphatic rings. The summed E-state index contributed by atoms with van der Waals surface area (Å²) >= 11 is 0. The molecule has 2 aromatic rings. The van der Waals surface area contributed by atoms with Gasteiger partial charge < -0.3 is 15.8 Å². The molecule has 2 unspecified atom stereocenters. The molecule has 1 aromatic heterocycles. The van der Waals surface area contributed by atoms with Crippen LogP contribution in [0.25, 0.3) is 0 Å². The third-order valence-corrected chi connectivity index (χ3v) is 3.14. The maximum Gasteiger partial charge on any atom is 0.240 e. The van der Waals surface area contributed by atoms with Crippen molar-refractivity contribution in [2.75, 3.05) is 13.7 Å². The molecule has 3 N–H and O–H groups in total. The van der Waals surface area contributed by atoms with Crippen LogP contribution in [0, 0.1) is 5.82 Å². The van der Waals surface area contributed by atoms with Crippen molar-refractivity contribution in [3.05, 3.63) is 65.7 Å². The first-order valence-electron chi connectivity index (χ1n) is 6.83. The van der Waals surface area contributed by atoms with E-state index in [1.54, 1.807) is 36.5 Å². The fraction of sp³-hybridized carbons (Fsp3) is 0.250. The van der Waals surface area contributed by atoms with E-state index in [-0.39, 0.29) is 30.7 Å². The van der Waals surface area contributed by atoms with Crippen molar-refractivity contribution < 1.29 is 13.9 Å². The standard InChI is InChI=1S/C16H18FN3O2.ClH/c1-22-10-13(18)16(21)20-15(14-7-2-3-8-19-14)11-5-4-6-12(17)9-11;/h2-9,13,15H,10,18H2,1H3,(H,20,21);1H. The zero-order chi connectivity index (χ0) is 15.9. The van der Waals surface area contributed by atoms with E-state index >= 15 is 0 Å². The molecule has 2 atom stereocenters. The maximum absolute atomic E-state index is 13.5. The van der Waals surface area contributed by atoms with Crippen molar-refractivity contribution in [1.82, 2.24) is 10.3 Å². The summed E-state index contributed by atoms with van der Waals surface area (Å²) < 4.78 is 18.4. The lowest BCUT2D eigenvalue weighted by Gasteiger charge is -2.21. The summed E-state index contributed by atoms with van der Waals surface area (Å²) in [6.45, 7) is 0.101. The van der Waals surface area contributed by atoms with Gasteiger partial charge in [-0.1, -0.05) is 18.2 Å². The fourth-order valence-corrected chi connectivity index (χ4v) is 2.07. The van der Waals surface area contributed by atoms with Gasteiger partial charge in [-0.2, -0.15) is 0 Å². The summed E-state index contributed by atoms with van der Waals surface area (Å²) in [5, 5.41) is 2.79. The largest absolute Gasteiger partial charge is 0.383 e. The first-order chi connectivity index (χ1) is 10.6. The number of hydrogen-bond donors (Lipinski definition) is 2. The lowest BCUT2D eigenvalue weighted by atomic mass is 10.0. The number of aromatic nitrogens is 1. The van der Waals surface area contributed by atoms with E-state index < -0.39 is 12.1 Å². The average Bonchev–Trinajstić information content (AvgIpc) is 2.53. The summed E-state index contributed by atoms with van der Waals surface area (Å²) in [6.07, 6.45) is 1.61. The highest BCUT2D eigenvalue weighted by atomic mass is 35.5. The molecule has 0 saturated carbocycles. The zero-order valence-corrected chi connectivity index (χ0v) is 13.4. The van der Waals surface area contributed by atoms with Gasteiger partial charge >= 0.3 is 0 Å². The Labute approximate surface area is 140 Å². The molecule has 124 valence electrons. The van der Waals surface area contributed by atoms with Gasteiger partial charge in [-0.05, 0) is 29.8 Å². The van der Waals surface area contributed by atoms with Crippen LogP contribution in [-0.4, -0.2) is 30.6 Å². The highest BCUT2D eigenvalue weighted by molar-refractivity contribution is 5.85. The Hall–Kier alpha value is -2.02. The number of nitrogens with zero attached hydrogens (tertiary/aromatic N) is 1. The van der Waals surface area contributed by atoms with Crippen LogP contribution in [-0.2, 0) is 9.53 Å². The van der Waals surface area contributed by atoms with Crippen LogP contribution >= 0.6 is 12.4 Å². The van der Waals surface area contributed by atoms with Gasteiger partial charge in [0.05, 0.1) is 18.3 Å². The molecule has 0 spiro atoms. The Morgan fingerprint density at radius 1 is 1.35 bits per heavy atom. The molecule has 23 heavy (non-hydrogen) atoms. The molecular formula is C16H19ClFN3O2. The second-order valence-electron chi connectivity index (χ2n) is 4.81. The number of halogens is 2. The Balaban J connectivity index is 0.00000264. The first kappa shape index (κ1) is 19.0. The van der Waals surface area contributed by atoms with Crippen LogP contribution < -0.4 is 11.1 Å². The monoisotopic (exact) mass is 339 g/mol. The van der Waals surface area contributed by atoms with E-state index in [2.05, 4.69) is 10.3 Å². The summed E-state index contributed by atoms with van der Waals surface area (Å²) in [6, 6.07) is 9.97. The lowest BCUT2D eigenvalue weighted by molar-refractivity contribution is -0.124. The molecule has 7 heteroatoms. The number of nitrogens with two attached hydrogens (primary N) is 1. The smallest absolute Gasteiger partial charge is 0.240 e. The normalized spacial score (nSPS) is 12.8. The number of pyridine rings is 1. The number of carbonyl (C=O) groups is 1. The van der Waals surface area contributed by atoms with Crippen molar-refractivity contribution in [3.8, 4) is 0 Å². The predicted molar refractivity (Wildman–Crippen MR) is 87.7 cm³/mol. The number of rotatable bonds is 6. The van der Waals surface area contributed by atoms with E-state index in [1.807, 2.05) is 0 Å². The first-order valence-corrected chi connectivity index (χ1v) is 6.83. The highest BCUT2D eigenvalue weighted by Gasteiger charge is 2.22. The van der Waals surface area contributed by atoms with Crippen molar-refractivity contribution in [2.24, 2.45) is 5.73 Å². The highest BCUT2D eigenvalue weighted by Crippen LogP contribution is 2.21. The Bertz CT molecular complexity index is 628. The van der Waals surface area contributed by atoms with Gasteiger partial charge in [0.1, 0.15) is 11.9 Å². The summed E-state index contributed by atoms with van der Waals surface area (Å²) in [5.41, 5.74) is 6.93. The number of carbonyl (C=O) groups excluding carboxylic acids is 1. The van der Waals surface area contributed by atoms with Crippen LogP contribution in [0.2, 0.25) is 0 Å². The number of methoxy groups -OCH3 is 1. The van der Waals surface area contributed by atoms with Gasteiger partial charge in [-0.15, -0.1) is 12.4 Å². The van der Waals surface area contributed by atoms with Crippen molar-refractivity contribution >= 4 is 18.3 Å². The third kappa shape index (κ3) is 5.28. The van der Waals surface area contributed by atoms with E-state index in [0.29, 0.717) is 11.3 Å². The van der Waals surface area contributed by atoms with Crippen LogP contribution in [0.3, 0.4) is 0 Å². The molecule has 5 nitrogen and oxygen atoms in total. The van der Waals surface area contributed by atoms with Gasteiger partial charge in [0.15, 0.2) is 0 Å². The molecule has 0 radical (unpaired) electrons. The lowest BCUT2D eigenvalue weighted by Crippen LogP contribution is -2.45. The van der Waals surface area contributed by atoms with Gasteiger partial charge in [-0.25, -0.2) is 4.39 Å². The number of amides is 1. The molecular weight excluding hydrogens is 321 g/mol. The SMILES string of the molecule is COCC(N)C(=O)NC(c1cccc(F)c1)c1ccccn1.Cl. The van der Waals surface area contributed by atoms with E-state index in [4.69, 9.17) is 10.5 Å². The van der Waals surface area contributed by atoms with Crippen molar-refractivity contribution in [1.29, 1.82) is 0 Å². The number of hydrogen-bond acceptors (Lipinski definition) is 4. The van der Waals surface area contributed by atoms with Crippen LogP contribution in [0.4, 0.5) is 4.39 Å². The second kappa shape index (κ2) is 9.19. The van der Waals surface area contributed by atoms with Crippen LogP contribution in [0.15, 0.2) is 48.7 Å². The minimum Gasteiger partial charge on any atom is -0.383 e. The molecule has 2 rings (SSSR count). The fourth-order valence-electron chi connectivity index (χ4n) is 2.07. The molecule has 0 fully saturated rings. The minimum absolute atomic E-state index is 0. The maximum atomic E-state index is 13.5. The predicted octanol–water partition coefficient (Wildman–Crippen LogP) is 1.82. The van der Waals surface area contributed by atoms with Gasteiger partial charge in [0.25, 0.3) is 0 Å². The van der Waals surface area contributed by atoms with E-state index in [9.17, 15) is 9.18 Å². The number of ether oxygens (including phenoxy) is 1. The quantitative estimate of drug-likeness (QED) is 0.841. The molecule has 1 aromatic carbocycles. The Morgan fingerprint density at radius 2 is 2.13 bits per heavy atom. The molecule has 0 aliphatic carbocycles. The Morgan fingerprint density at radius 3 is 2.74 bits per heavy atom. The second-order valence-corrected chi connectivity index (χ2v) is 4.81. The number of benzene rings is 1.